The molecule has 8 nitrogen and oxygen atoms in total. The Morgan fingerprint density at radius 1 is 1.17 bits per heavy atom. The number of sulfonamides is 1. The van der Waals surface area contributed by atoms with Gasteiger partial charge in [-0.3, -0.25) is 10.1 Å². The molecule has 2 unspecified atom stereocenters. The molecule has 9 heteroatoms. The number of fused-ring (bicyclic) bond motifs is 1. The summed E-state index contributed by atoms with van der Waals surface area (Å²) in [6, 6.07) is 12.1. The number of benzene rings is 2. The lowest BCUT2D eigenvalue weighted by Crippen LogP contribution is -2.40. The van der Waals surface area contributed by atoms with Gasteiger partial charge in [0.15, 0.2) is 0 Å². The van der Waals surface area contributed by atoms with Crippen molar-refractivity contribution >= 4 is 21.4 Å². The molecule has 2 aromatic carbocycles. The maximum atomic E-state index is 12.9. The zero-order chi connectivity index (χ0) is 21.3. The van der Waals surface area contributed by atoms with Crippen LogP contribution >= 0.6 is 0 Å². The van der Waals surface area contributed by atoms with Crippen molar-refractivity contribution < 1.29 is 18.1 Å². The second-order valence-electron chi connectivity index (χ2n) is 7.79. The average Bonchev–Trinajstić information content (AvgIpc) is 2.76. The molecule has 2 aromatic rings. The SMILES string of the molecule is CC1CCc2ccccc2C1Nc1ccc(S(=O)(=O)N2CCOCC2)cc1[N+](=O)[O-]. The molecule has 0 aromatic heterocycles. The van der Waals surface area contributed by atoms with E-state index >= 15 is 0 Å². The quantitative estimate of drug-likeness (QED) is 0.575. The first-order chi connectivity index (χ1) is 14.4. The smallest absolute Gasteiger partial charge is 0.293 e. The van der Waals surface area contributed by atoms with E-state index in [0.29, 0.717) is 18.9 Å². The molecule has 30 heavy (non-hydrogen) atoms. The van der Waals surface area contributed by atoms with Crippen LogP contribution in [0.3, 0.4) is 0 Å². The Labute approximate surface area is 176 Å². The van der Waals surface area contributed by atoms with Gasteiger partial charge in [0.1, 0.15) is 5.69 Å². The van der Waals surface area contributed by atoms with Crippen LogP contribution in [0.1, 0.15) is 30.5 Å². The largest absolute Gasteiger partial charge is 0.379 e. The number of nitro groups is 1. The summed E-state index contributed by atoms with van der Waals surface area (Å²) in [5.41, 5.74) is 2.46. The number of nitrogens with zero attached hydrogens (tertiary/aromatic N) is 2. The third kappa shape index (κ3) is 3.92. The van der Waals surface area contributed by atoms with Crippen LogP contribution in [0.4, 0.5) is 11.4 Å². The molecule has 0 amide bonds. The highest BCUT2D eigenvalue weighted by Gasteiger charge is 2.31. The van der Waals surface area contributed by atoms with Gasteiger partial charge in [-0.05, 0) is 42.0 Å². The Kier molecular flexibility index (Phi) is 5.77. The molecule has 4 rings (SSSR count). The van der Waals surface area contributed by atoms with Gasteiger partial charge in [0.05, 0.1) is 29.1 Å². The highest BCUT2D eigenvalue weighted by Crippen LogP contribution is 2.39. The van der Waals surface area contributed by atoms with Crippen LogP contribution in [0.15, 0.2) is 47.4 Å². The van der Waals surface area contributed by atoms with Crippen LogP contribution in [0, 0.1) is 16.0 Å². The minimum atomic E-state index is -3.81. The van der Waals surface area contributed by atoms with E-state index in [4.69, 9.17) is 4.74 Å². The summed E-state index contributed by atoms with van der Waals surface area (Å²) in [6.45, 7) is 3.25. The summed E-state index contributed by atoms with van der Waals surface area (Å²) >= 11 is 0. The molecule has 1 fully saturated rings. The Morgan fingerprint density at radius 3 is 2.63 bits per heavy atom. The van der Waals surface area contributed by atoms with Gasteiger partial charge < -0.3 is 10.1 Å². The van der Waals surface area contributed by atoms with E-state index in [1.165, 1.54) is 22.0 Å². The fraction of sp³-hybridized carbons (Fsp3) is 0.429. The van der Waals surface area contributed by atoms with E-state index in [1.807, 2.05) is 18.2 Å². The van der Waals surface area contributed by atoms with Crippen molar-refractivity contribution in [2.24, 2.45) is 5.92 Å². The van der Waals surface area contributed by atoms with Gasteiger partial charge in [-0.1, -0.05) is 31.2 Å². The number of nitro benzene ring substituents is 1. The van der Waals surface area contributed by atoms with E-state index in [2.05, 4.69) is 18.3 Å². The summed E-state index contributed by atoms with van der Waals surface area (Å²) in [6.07, 6.45) is 1.96. The van der Waals surface area contributed by atoms with E-state index in [-0.39, 0.29) is 35.6 Å². The van der Waals surface area contributed by atoms with Crippen molar-refractivity contribution in [3.05, 3.63) is 63.7 Å². The summed E-state index contributed by atoms with van der Waals surface area (Å²) in [5.74, 6) is 0.288. The summed E-state index contributed by atoms with van der Waals surface area (Å²) in [7, 11) is -3.81. The molecular formula is C21H25N3O5S. The van der Waals surface area contributed by atoms with Gasteiger partial charge in [0.25, 0.3) is 5.69 Å². The molecule has 1 aliphatic carbocycles. The van der Waals surface area contributed by atoms with Gasteiger partial charge in [0, 0.05) is 19.2 Å². The van der Waals surface area contributed by atoms with Gasteiger partial charge in [-0.2, -0.15) is 4.31 Å². The fourth-order valence-corrected chi connectivity index (χ4v) is 5.62. The standard InChI is InChI=1S/C21H25N3O5S/c1-15-6-7-16-4-2-3-5-18(16)21(15)22-19-9-8-17(14-20(19)24(25)26)30(27,28)23-10-12-29-13-11-23/h2-5,8-9,14-15,21-22H,6-7,10-13H2,1H3. The number of morpholine rings is 1. The minimum absolute atomic E-state index is 0.0706. The first kappa shape index (κ1) is 20.8. The highest BCUT2D eigenvalue weighted by atomic mass is 32.2. The molecular weight excluding hydrogens is 406 g/mol. The molecule has 0 radical (unpaired) electrons. The van der Waals surface area contributed by atoms with Crippen molar-refractivity contribution in [1.29, 1.82) is 0 Å². The molecule has 0 spiro atoms. The second-order valence-corrected chi connectivity index (χ2v) is 9.73. The highest BCUT2D eigenvalue weighted by molar-refractivity contribution is 7.89. The van der Waals surface area contributed by atoms with Crippen LogP contribution < -0.4 is 5.32 Å². The zero-order valence-electron chi connectivity index (χ0n) is 16.8. The third-order valence-electron chi connectivity index (χ3n) is 5.91. The number of rotatable bonds is 5. The number of ether oxygens (including phenoxy) is 1. The van der Waals surface area contributed by atoms with E-state index in [1.54, 1.807) is 0 Å². The van der Waals surface area contributed by atoms with Gasteiger partial charge in [-0.25, -0.2) is 8.42 Å². The zero-order valence-corrected chi connectivity index (χ0v) is 17.6. The van der Waals surface area contributed by atoms with Crippen LogP contribution in [0.25, 0.3) is 0 Å². The molecule has 1 aliphatic heterocycles. The molecule has 1 saturated heterocycles. The van der Waals surface area contributed by atoms with E-state index < -0.39 is 14.9 Å². The average molecular weight is 432 g/mol. The first-order valence-corrected chi connectivity index (χ1v) is 11.5. The number of hydrogen-bond donors (Lipinski definition) is 1. The van der Waals surface area contributed by atoms with Crippen LogP contribution in [0.2, 0.25) is 0 Å². The molecule has 2 aliphatic rings. The number of aryl methyl sites for hydroxylation is 1. The van der Waals surface area contributed by atoms with Crippen LogP contribution in [0.5, 0.6) is 0 Å². The predicted molar refractivity (Wildman–Crippen MR) is 113 cm³/mol. The number of anilines is 1. The predicted octanol–water partition coefficient (Wildman–Crippen LogP) is 3.35. The number of hydrogen-bond acceptors (Lipinski definition) is 6. The molecule has 1 heterocycles. The van der Waals surface area contributed by atoms with Gasteiger partial charge in [0.2, 0.25) is 10.0 Å². The lowest BCUT2D eigenvalue weighted by Gasteiger charge is -2.32. The van der Waals surface area contributed by atoms with Crippen molar-refractivity contribution in [3.63, 3.8) is 0 Å². The molecule has 1 N–H and O–H groups in total. The Balaban J connectivity index is 1.67. The van der Waals surface area contributed by atoms with Crippen molar-refractivity contribution in [1.82, 2.24) is 4.31 Å². The van der Waals surface area contributed by atoms with Crippen molar-refractivity contribution in [2.45, 2.75) is 30.7 Å². The fourth-order valence-electron chi connectivity index (χ4n) is 4.19. The Hall–Kier alpha value is -2.49. The second kappa shape index (κ2) is 8.33. The van der Waals surface area contributed by atoms with Crippen LogP contribution in [-0.4, -0.2) is 43.9 Å². The first-order valence-electron chi connectivity index (χ1n) is 10.1. The lowest BCUT2D eigenvalue weighted by atomic mass is 9.80. The normalized spacial score (nSPS) is 22.3. The number of nitrogens with one attached hydrogen (secondary N) is 1. The summed E-state index contributed by atoms with van der Waals surface area (Å²) < 4.78 is 32.3. The topological polar surface area (TPSA) is 102 Å². The molecule has 160 valence electrons. The minimum Gasteiger partial charge on any atom is -0.379 e. The Morgan fingerprint density at radius 2 is 1.90 bits per heavy atom. The molecule has 0 saturated carbocycles. The van der Waals surface area contributed by atoms with E-state index in [0.717, 1.165) is 24.5 Å². The summed E-state index contributed by atoms with van der Waals surface area (Å²) in [5, 5.41) is 15.1. The van der Waals surface area contributed by atoms with Crippen LogP contribution in [-0.2, 0) is 21.2 Å². The third-order valence-corrected chi connectivity index (χ3v) is 7.81. The molecule has 2 atom stereocenters. The van der Waals surface area contributed by atoms with Crippen molar-refractivity contribution in [2.75, 3.05) is 31.6 Å². The van der Waals surface area contributed by atoms with Gasteiger partial charge in [-0.15, -0.1) is 0 Å². The maximum absolute atomic E-state index is 12.9. The Bertz CT molecular complexity index is 1050. The maximum Gasteiger partial charge on any atom is 0.293 e. The lowest BCUT2D eigenvalue weighted by molar-refractivity contribution is -0.384. The van der Waals surface area contributed by atoms with E-state index in [9.17, 15) is 18.5 Å². The molecule has 0 bridgehead atoms. The van der Waals surface area contributed by atoms with Gasteiger partial charge >= 0.3 is 0 Å². The monoisotopic (exact) mass is 431 g/mol. The van der Waals surface area contributed by atoms with Crippen molar-refractivity contribution in [3.8, 4) is 0 Å². The summed E-state index contributed by atoms with van der Waals surface area (Å²) in [4.78, 5) is 11.2.